The van der Waals surface area contributed by atoms with Gasteiger partial charge in [-0.1, -0.05) is 0 Å². The average Bonchev–Trinajstić information content (AvgIpc) is 2.83. The third-order valence-corrected chi connectivity index (χ3v) is 2.92. The summed E-state index contributed by atoms with van der Waals surface area (Å²) in [6, 6.07) is 5.36. The molecule has 102 valence electrons. The number of hydrogen-bond donors (Lipinski definition) is 1. The fourth-order valence-electron chi connectivity index (χ4n) is 1.94. The van der Waals surface area contributed by atoms with E-state index in [1.54, 1.807) is 43.3 Å². The number of nitrogens with zero attached hydrogens (tertiary/aromatic N) is 2. The van der Waals surface area contributed by atoms with E-state index in [0.29, 0.717) is 18.0 Å². The van der Waals surface area contributed by atoms with Gasteiger partial charge in [-0.3, -0.25) is 4.68 Å². The molecular formula is C14H18N2O3. The van der Waals surface area contributed by atoms with E-state index in [1.165, 1.54) is 0 Å². The van der Waals surface area contributed by atoms with Gasteiger partial charge in [-0.25, -0.2) is 0 Å². The minimum Gasteiger partial charge on any atom is -0.497 e. The molecule has 1 unspecified atom stereocenters. The summed E-state index contributed by atoms with van der Waals surface area (Å²) >= 11 is 0. The first-order valence-electron chi connectivity index (χ1n) is 6.03. The Labute approximate surface area is 112 Å². The van der Waals surface area contributed by atoms with Crippen molar-refractivity contribution in [3.63, 3.8) is 0 Å². The van der Waals surface area contributed by atoms with E-state index >= 15 is 0 Å². The molecule has 1 N–H and O–H groups in total. The third-order valence-electron chi connectivity index (χ3n) is 2.92. The van der Waals surface area contributed by atoms with Crippen molar-refractivity contribution in [2.24, 2.45) is 0 Å². The van der Waals surface area contributed by atoms with Gasteiger partial charge in [0.25, 0.3) is 0 Å². The highest BCUT2D eigenvalue weighted by Gasteiger charge is 2.15. The summed E-state index contributed by atoms with van der Waals surface area (Å²) in [6.07, 6.45) is 2.97. The molecular weight excluding hydrogens is 244 g/mol. The number of aryl methyl sites for hydroxylation is 1. The van der Waals surface area contributed by atoms with Crippen LogP contribution >= 0.6 is 0 Å². The van der Waals surface area contributed by atoms with E-state index in [-0.39, 0.29) is 0 Å². The van der Waals surface area contributed by atoms with E-state index in [0.717, 1.165) is 11.1 Å². The Morgan fingerprint density at radius 1 is 1.32 bits per heavy atom. The van der Waals surface area contributed by atoms with Gasteiger partial charge in [0.15, 0.2) is 0 Å². The first kappa shape index (κ1) is 13.4. The minimum absolute atomic E-state index is 0.385. The van der Waals surface area contributed by atoms with Crippen molar-refractivity contribution in [3.05, 3.63) is 41.7 Å². The van der Waals surface area contributed by atoms with E-state index < -0.39 is 6.10 Å². The van der Waals surface area contributed by atoms with Crippen LogP contribution in [-0.2, 0) is 6.54 Å². The third kappa shape index (κ3) is 3.06. The second-order valence-corrected chi connectivity index (χ2v) is 4.36. The molecule has 0 amide bonds. The lowest BCUT2D eigenvalue weighted by Gasteiger charge is -2.15. The maximum absolute atomic E-state index is 10.3. The standard InChI is InChI=1S/C14H18N2O3/c1-10-7-15-16(8-10)9-13(17)12-5-4-11(18-2)6-14(12)19-3/h4-8,13,17H,9H2,1-3H3. The molecule has 0 fully saturated rings. The van der Waals surface area contributed by atoms with Gasteiger partial charge in [0.05, 0.1) is 27.0 Å². The monoisotopic (exact) mass is 262 g/mol. The van der Waals surface area contributed by atoms with Gasteiger partial charge in [-0.15, -0.1) is 0 Å². The zero-order chi connectivity index (χ0) is 13.8. The van der Waals surface area contributed by atoms with Crippen molar-refractivity contribution >= 4 is 0 Å². The number of aliphatic hydroxyl groups is 1. The largest absolute Gasteiger partial charge is 0.497 e. The summed E-state index contributed by atoms with van der Waals surface area (Å²) in [5.74, 6) is 1.30. The maximum Gasteiger partial charge on any atom is 0.128 e. The molecule has 1 atom stereocenters. The Kier molecular flexibility index (Phi) is 4.06. The lowest BCUT2D eigenvalue weighted by Crippen LogP contribution is -2.10. The van der Waals surface area contributed by atoms with E-state index in [9.17, 15) is 5.11 Å². The molecule has 0 bridgehead atoms. The lowest BCUT2D eigenvalue weighted by molar-refractivity contribution is 0.147. The smallest absolute Gasteiger partial charge is 0.128 e. The summed E-state index contributed by atoms with van der Waals surface area (Å²) in [6.45, 7) is 2.35. The molecule has 0 saturated carbocycles. The number of hydrogen-bond acceptors (Lipinski definition) is 4. The second kappa shape index (κ2) is 5.75. The normalized spacial score (nSPS) is 12.2. The van der Waals surface area contributed by atoms with Crippen molar-refractivity contribution in [1.82, 2.24) is 9.78 Å². The number of aromatic nitrogens is 2. The Bertz CT molecular complexity index is 551. The first-order valence-corrected chi connectivity index (χ1v) is 6.03. The molecule has 2 rings (SSSR count). The van der Waals surface area contributed by atoms with Crippen LogP contribution in [0.4, 0.5) is 0 Å². The van der Waals surface area contributed by atoms with Crippen LogP contribution in [0.1, 0.15) is 17.2 Å². The Hall–Kier alpha value is -2.01. The fraction of sp³-hybridized carbons (Fsp3) is 0.357. The number of methoxy groups -OCH3 is 2. The van der Waals surface area contributed by atoms with Gasteiger partial charge < -0.3 is 14.6 Å². The van der Waals surface area contributed by atoms with Crippen LogP contribution in [0, 0.1) is 6.92 Å². The molecule has 0 radical (unpaired) electrons. The summed E-state index contributed by atoms with van der Waals surface area (Å²) < 4.78 is 12.1. The molecule has 0 saturated heterocycles. The van der Waals surface area contributed by atoms with Crippen LogP contribution < -0.4 is 9.47 Å². The van der Waals surface area contributed by atoms with Crippen molar-refractivity contribution in [3.8, 4) is 11.5 Å². The highest BCUT2D eigenvalue weighted by molar-refractivity contribution is 5.41. The van der Waals surface area contributed by atoms with Gasteiger partial charge in [-0.05, 0) is 24.6 Å². The van der Waals surface area contributed by atoms with Crippen LogP contribution in [0.3, 0.4) is 0 Å². The van der Waals surface area contributed by atoms with E-state index in [1.807, 2.05) is 13.1 Å². The molecule has 0 aliphatic heterocycles. The lowest BCUT2D eigenvalue weighted by atomic mass is 10.1. The maximum atomic E-state index is 10.3. The van der Waals surface area contributed by atoms with Gasteiger partial charge >= 0.3 is 0 Å². The van der Waals surface area contributed by atoms with Gasteiger partial charge in [0.2, 0.25) is 0 Å². The van der Waals surface area contributed by atoms with E-state index in [2.05, 4.69) is 5.10 Å². The molecule has 1 aromatic heterocycles. The fourth-order valence-corrected chi connectivity index (χ4v) is 1.94. The highest BCUT2D eigenvalue weighted by Crippen LogP contribution is 2.30. The van der Waals surface area contributed by atoms with Crippen LogP contribution in [0.2, 0.25) is 0 Å². The van der Waals surface area contributed by atoms with Gasteiger partial charge in [0.1, 0.15) is 17.6 Å². The Morgan fingerprint density at radius 3 is 2.68 bits per heavy atom. The summed E-state index contributed by atoms with van der Waals surface area (Å²) in [5.41, 5.74) is 1.78. The van der Waals surface area contributed by atoms with Gasteiger partial charge in [-0.2, -0.15) is 5.10 Å². The van der Waals surface area contributed by atoms with Crippen LogP contribution in [0.5, 0.6) is 11.5 Å². The topological polar surface area (TPSA) is 56.5 Å². The summed E-state index contributed by atoms with van der Waals surface area (Å²) in [4.78, 5) is 0. The molecule has 0 spiro atoms. The van der Waals surface area contributed by atoms with Crippen molar-refractivity contribution in [2.75, 3.05) is 14.2 Å². The SMILES string of the molecule is COc1ccc(C(O)Cn2cc(C)cn2)c(OC)c1. The number of aliphatic hydroxyl groups excluding tert-OH is 1. The molecule has 5 nitrogen and oxygen atoms in total. The van der Waals surface area contributed by atoms with Crippen molar-refractivity contribution in [2.45, 2.75) is 19.6 Å². The highest BCUT2D eigenvalue weighted by atomic mass is 16.5. The molecule has 1 heterocycles. The summed E-state index contributed by atoms with van der Waals surface area (Å²) in [7, 11) is 3.17. The van der Waals surface area contributed by atoms with Crippen molar-refractivity contribution < 1.29 is 14.6 Å². The average molecular weight is 262 g/mol. The molecule has 2 aromatic rings. The Balaban J connectivity index is 2.20. The quantitative estimate of drug-likeness (QED) is 0.894. The molecule has 1 aromatic carbocycles. The predicted octanol–water partition coefficient (Wildman–Crippen LogP) is 1.94. The molecule has 0 aliphatic rings. The first-order chi connectivity index (χ1) is 9.13. The zero-order valence-corrected chi connectivity index (χ0v) is 11.3. The molecule has 19 heavy (non-hydrogen) atoms. The number of benzene rings is 1. The molecule has 5 heteroatoms. The summed E-state index contributed by atoms with van der Waals surface area (Å²) in [5, 5.41) is 14.4. The zero-order valence-electron chi connectivity index (χ0n) is 11.3. The van der Waals surface area contributed by atoms with E-state index in [4.69, 9.17) is 9.47 Å². The number of rotatable bonds is 5. The van der Waals surface area contributed by atoms with Crippen LogP contribution in [0.15, 0.2) is 30.6 Å². The Morgan fingerprint density at radius 2 is 2.11 bits per heavy atom. The molecule has 0 aliphatic carbocycles. The van der Waals surface area contributed by atoms with Crippen LogP contribution in [0.25, 0.3) is 0 Å². The predicted molar refractivity (Wildman–Crippen MR) is 71.5 cm³/mol. The van der Waals surface area contributed by atoms with Gasteiger partial charge in [0, 0.05) is 17.8 Å². The number of ether oxygens (including phenoxy) is 2. The minimum atomic E-state index is -0.680. The van der Waals surface area contributed by atoms with Crippen LogP contribution in [-0.4, -0.2) is 29.1 Å². The van der Waals surface area contributed by atoms with Crippen molar-refractivity contribution in [1.29, 1.82) is 0 Å². The second-order valence-electron chi connectivity index (χ2n) is 4.36.